The molecule has 18 heavy (non-hydrogen) atoms. The minimum atomic E-state index is 0.141. The van der Waals surface area contributed by atoms with Gasteiger partial charge in [0.05, 0.1) is 0 Å². The molecule has 2 heteroatoms. The molecule has 0 spiro atoms. The van der Waals surface area contributed by atoms with Crippen molar-refractivity contribution >= 4 is 5.91 Å². The highest BCUT2D eigenvalue weighted by atomic mass is 16.2. The number of hydrogen-bond donors (Lipinski definition) is 0. The van der Waals surface area contributed by atoms with E-state index in [0.29, 0.717) is 5.92 Å². The van der Waals surface area contributed by atoms with Crippen LogP contribution in [0.3, 0.4) is 0 Å². The molecule has 0 saturated heterocycles. The normalized spacial score (nSPS) is 18.9. The fraction of sp³-hybridized carbons (Fsp3) is 0.438. The van der Waals surface area contributed by atoms with E-state index in [4.69, 9.17) is 0 Å². The number of carbonyl (C=O) groups excluding carboxylic acids is 1. The van der Waals surface area contributed by atoms with Gasteiger partial charge in [-0.05, 0) is 24.0 Å². The summed E-state index contributed by atoms with van der Waals surface area (Å²) >= 11 is 0. The lowest BCUT2D eigenvalue weighted by atomic mass is 9.90. The van der Waals surface area contributed by atoms with Crippen LogP contribution in [0.1, 0.15) is 44.6 Å². The van der Waals surface area contributed by atoms with E-state index in [2.05, 4.69) is 37.4 Å². The number of rotatable bonds is 4. The zero-order valence-electron chi connectivity index (χ0n) is 11.2. The van der Waals surface area contributed by atoms with Gasteiger partial charge in [0.25, 0.3) is 0 Å². The number of carbonyl (C=O) groups is 1. The van der Waals surface area contributed by atoms with E-state index in [0.717, 1.165) is 13.0 Å². The van der Waals surface area contributed by atoms with Crippen LogP contribution in [0.5, 0.6) is 0 Å². The lowest BCUT2D eigenvalue weighted by Crippen LogP contribution is -2.22. The Labute approximate surface area is 109 Å². The number of amides is 1. The Balaban J connectivity index is 2.19. The van der Waals surface area contributed by atoms with Crippen LogP contribution >= 0.6 is 0 Å². The van der Waals surface area contributed by atoms with Crippen LogP contribution in [0.25, 0.3) is 0 Å². The summed E-state index contributed by atoms with van der Waals surface area (Å²) in [6, 6.07) is 10.5. The van der Waals surface area contributed by atoms with Crippen LogP contribution in [0, 0.1) is 0 Å². The van der Waals surface area contributed by atoms with Crippen molar-refractivity contribution in [3.63, 3.8) is 0 Å². The van der Waals surface area contributed by atoms with Crippen molar-refractivity contribution in [1.29, 1.82) is 0 Å². The molecule has 0 bridgehead atoms. The average Bonchev–Trinajstić information content (AvgIpc) is 2.81. The zero-order chi connectivity index (χ0) is 13.0. The van der Waals surface area contributed by atoms with Gasteiger partial charge in [-0.15, -0.1) is 0 Å². The van der Waals surface area contributed by atoms with Gasteiger partial charge < -0.3 is 4.90 Å². The predicted octanol–water partition coefficient (Wildman–Crippen LogP) is 3.71. The Kier molecular flexibility index (Phi) is 4.19. The van der Waals surface area contributed by atoms with E-state index < -0.39 is 0 Å². The summed E-state index contributed by atoms with van der Waals surface area (Å²) in [4.78, 5) is 13.4. The molecule has 0 aromatic heterocycles. The first-order valence-electron chi connectivity index (χ1n) is 6.75. The van der Waals surface area contributed by atoms with Gasteiger partial charge >= 0.3 is 0 Å². The number of unbranched alkanes of at least 4 members (excludes halogenated alkanes) is 1. The summed E-state index contributed by atoms with van der Waals surface area (Å²) in [5.74, 6) is 0.532. The highest BCUT2D eigenvalue weighted by Gasteiger charge is 2.26. The van der Waals surface area contributed by atoms with Gasteiger partial charge in [0.2, 0.25) is 5.91 Å². The van der Waals surface area contributed by atoms with Crippen molar-refractivity contribution in [3.8, 4) is 0 Å². The molecule has 1 aliphatic rings. The molecule has 1 aliphatic heterocycles. The third-order valence-electron chi connectivity index (χ3n) is 3.57. The SMILES string of the molecule is CCCCC1=CN(C(C)=O)CC1c1ccccc1. The monoisotopic (exact) mass is 243 g/mol. The molecule has 1 heterocycles. The first-order valence-corrected chi connectivity index (χ1v) is 6.75. The molecular formula is C16H21NO. The van der Waals surface area contributed by atoms with Crippen LogP contribution in [-0.2, 0) is 4.79 Å². The lowest BCUT2D eigenvalue weighted by molar-refractivity contribution is -0.126. The van der Waals surface area contributed by atoms with E-state index in [-0.39, 0.29) is 5.91 Å². The predicted molar refractivity (Wildman–Crippen MR) is 74.2 cm³/mol. The molecule has 1 aromatic carbocycles. The Hall–Kier alpha value is -1.57. The van der Waals surface area contributed by atoms with Crippen LogP contribution in [0.15, 0.2) is 42.1 Å². The van der Waals surface area contributed by atoms with Gasteiger partial charge in [-0.2, -0.15) is 0 Å². The third kappa shape index (κ3) is 2.81. The number of hydrogen-bond acceptors (Lipinski definition) is 1. The number of nitrogens with zero attached hydrogens (tertiary/aromatic N) is 1. The summed E-state index contributed by atoms with van der Waals surface area (Å²) in [5, 5.41) is 0. The lowest BCUT2D eigenvalue weighted by Gasteiger charge is -2.16. The van der Waals surface area contributed by atoms with Gasteiger partial charge in [-0.1, -0.05) is 43.7 Å². The molecule has 1 atom stereocenters. The van der Waals surface area contributed by atoms with E-state index in [1.54, 1.807) is 6.92 Å². The Morgan fingerprint density at radius 2 is 2.06 bits per heavy atom. The van der Waals surface area contributed by atoms with E-state index in [1.165, 1.54) is 24.0 Å². The first kappa shape index (κ1) is 12.9. The summed E-state index contributed by atoms with van der Waals surface area (Å²) < 4.78 is 0. The van der Waals surface area contributed by atoms with Crippen molar-refractivity contribution in [1.82, 2.24) is 4.90 Å². The largest absolute Gasteiger partial charge is 0.318 e. The molecule has 2 nitrogen and oxygen atoms in total. The quantitative estimate of drug-likeness (QED) is 0.789. The summed E-state index contributed by atoms with van der Waals surface area (Å²) in [7, 11) is 0. The molecule has 0 N–H and O–H groups in total. The Bertz CT molecular complexity index is 436. The van der Waals surface area contributed by atoms with Crippen LogP contribution < -0.4 is 0 Å². The smallest absolute Gasteiger partial charge is 0.223 e. The molecule has 1 unspecified atom stereocenters. The second-order valence-corrected chi connectivity index (χ2v) is 4.94. The highest BCUT2D eigenvalue weighted by Crippen LogP contribution is 2.34. The molecule has 96 valence electrons. The summed E-state index contributed by atoms with van der Waals surface area (Å²) in [6.45, 7) is 4.65. The van der Waals surface area contributed by atoms with Crippen molar-refractivity contribution in [2.45, 2.75) is 39.0 Å². The van der Waals surface area contributed by atoms with Crippen molar-refractivity contribution in [3.05, 3.63) is 47.7 Å². The van der Waals surface area contributed by atoms with Gasteiger partial charge in [-0.3, -0.25) is 4.79 Å². The Morgan fingerprint density at radius 3 is 2.67 bits per heavy atom. The van der Waals surface area contributed by atoms with Crippen molar-refractivity contribution in [2.75, 3.05) is 6.54 Å². The van der Waals surface area contributed by atoms with Crippen molar-refractivity contribution < 1.29 is 4.79 Å². The topological polar surface area (TPSA) is 20.3 Å². The van der Waals surface area contributed by atoms with Crippen LogP contribution in [-0.4, -0.2) is 17.4 Å². The molecule has 0 saturated carbocycles. The average molecular weight is 243 g/mol. The standard InChI is InChI=1S/C16H21NO/c1-3-4-8-15-11-17(13(2)18)12-16(15)14-9-6-5-7-10-14/h5-7,9-11,16H,3-4,8,12H2,1-2H3. The Morgan fingerprint density at radius 1 is 1.33 bits per heavy atom. The fourth-order valence-corrected chi connectivity index (χ4v) is 2.50. The maximum Gasteiger partial charge on any atom is 0.223 e. The van der Waals surface area contributed by atoms with Crippen molar-refractivity contribution in [2.24, 2.45) is 0 Å². The maximum atomic E-state index is 11.5. The molecule has 0 fully saturated rings. The van der Waals surface area contributed by atoms with Crippen LogP contribution in [0.4, 0.5) is 0 Å². The minimum Gasteiger partial charge on any atom is -0.318 e. The highest BCUT2D eigenvalue weighted by molar-refractivity contribution is 5.75. The first-order chi connectivity index (χ1) is 8.72. The summed E-state index contributed by atoms with van der Waals surface area (Å²) in [5.41, 5.74) is 2.72. The van der Waals surface area contributed by atoms with Gasteiger partial charge in [-0.25, -0.2) is 0 Å². The number of benzene rings is 1. The van der Waals surface area contributed by atoms with Gasteiger partial charge in [0.15, 0.2) is 0 Å². The van der Waals surface area contributed by atoms with Gasteiger partial charge in [0, 0.05) is 25.6 Å². The second kappa shape index (κ2) is 5.85. The molecular weight excluding hydrogens is 222 g/mol. The van der Waals surface area contributed by atoms with Gasteiger partial charge in [0.1, 0.15) is 0 Å². The van der Waals surface area contributed by atoms with Crippen LogP contribution in [0.2, 0.25) is 0 Å². The summed E-state index contributed by atoms with van der Waals surface area (Å²) in [6.07, 6.45) is 5.55. The van der Waals surface area contributed by atoms with E-state index in [1.807, 2.05) is 11.0 Å². The minimum absolute atomic E-state index is 0.141. The second-order valence-electron chi connectivity index (χ2n) is 4.94. The third-order valence-corrected chi connectivity index (χ3v) is 3.57. The van der Waals surface area contributed by atoms with E-state index >= 15 is 0 Å². The molecule has 2 rings (SSSR count). The molecule has 0 aliphatic carbocycles. The zero-order valence-corrected chi connectivity index (χ0v) is 11.2. The maximum absolute atomic E-state index is 11.5. The fourth-order valence-electron chi connectivity index (χ4n) is 2.50. The molecule has 1 amide bonds. The van der Waals surface area contributed by atoms with E-state index in [9.17, 15) is 4.79 Å². The molecule has 1 aromatic rings. The molecule has 0 radical (unpaired) electrons.